The van der Waals surface area contributed by atoms with Gasteiger partial charge in [0.1, 0.15) is 0 Å². The van der Waals surface area contributed by atoms with Gasteiger partial charge in [-0.05, 0) is 45.0 Å². The third-order valence-electron chi connectivity index (χ3n) is 3.39. The van der Waals surface area contributed by atoms with E-state index in [0.717, 1.165) is 22.3 Å². The Morgan fingerprint density at radius 3 is 2.39 bits per heavy atom. The number of nitrogens with one attached hydrogen (secondary N) is 1. The van der Waals surface area contributed by atoms with Gasteiger partial charge in [0.25, 0.3) is 5.91 Å². The van der Waals surface area contributed by atoms with Crippen LogP contribution in [0.25, 0.3) is 11.5 Å². The monoisotopic (exact) mass is 307 g/mol. The van der Waals surface area contributed by atoms with Gasteiger partial charge in [0.15, 0.2) is 0 Å². The number of carbonyl (C=O) groups excluding carboxylic acids is 1. The van der Waals surface area contributed by atoms with Crippen LogP contribution in [-0.4, -0.2) is 16.1 Å². The van der Waals surface area contributed by atoms with Crippen LogP contribution in [-0.2, 0) is 0 Å². The van der Waals surface area contributed by atoms with Crippen LogP contribution in [0.5, 0.6) is 0 Å². The molecule has 0 unspecified atom stereocenters. The van der Waals surface area contributed by atoms with Crippen LogP contribution in [0.15, 0.2) is 46.9 Å². The van der Waals surface area contributed by atoms with Crippen molar-refractivity contribution in [1.82, 2.24) is 10.2 Å². The molecule has 1 aromatic heterocycles. The summed E-state index contributed by atoms with van der Waals surface area (Å²) in [6.07, 6.45) is 0. The Morgan fingerprint density at radius 2 is 1.70 bits per heavy atom. The Morgan fingerprint density at radius 1 is 0.957 bits per heavy atom. The molecule has 0 saturated carbocycles. The van der Waals surface area contributed by atoms with Gasteiger partial charge in [0.05, 0.1) is 0 Å². The number of nitrogens with zero attached hydrogens (tertiary/aromatic N) is 2. The van der Waals surface area contributed by atoms with Crippen LogP contribution in [0.1, 0.15) is 27.0 Å². The lowest BCUT2D eigenvalue weighted by Crippen LogP contribution is -2.12. The minimum absolute atomic E-state index is 0.0886. The van der Waals surface area contributed by atoms with Gasteiger partial charge < -0.3 is 4.42 Å². The van der Waals surface area contributed by atoms with E-state index in [9.17, 15) is 4.79 Å². The summed E-state index contributed by atoms with van der Waals surface area (Å²) in [5.41, 5.74) is 4.63. The van der Waals surface area contributed by atoms with Gasteiger partial charge in [-0.3, -0.25) is 10.1 Å². The predicted octanol–water partition coefficient (Wildman–Crippen LogP) is 3.91. The van der Waals surface area contributed by atoms with E-state index in [1.807, 2.05) is 45.0 Å². The number of aryl methyl sites for hydroxylation is 3. The molecule has 0 saturated heterocycles. The number of anilines is 1. The molecule has 0 radical (unpaired) electrons. The summed E-state index contributed by atoms with van der Waals surface area (Å²) in [5, 5.41) is 10.5. The summed E-state index contributed by atoms with van der Waals surface area (Å²) in [6, 6.07) is 13.4. The fourth-order valence-electron chi connectivity index (χ4n) is 2.44. The van der Waals surface area contributed by atoms with Crippen LogP contribution in [0.2, 0.25) is 0 Å². The number of aromatic nitrogens is 2. The number of hydrogen-bond donors (Lipinski definition) is 1. The van der Waals surface area contributed by atoms with Gasteiger partial charge in [0.2, 0.25) is 5.89 Å². The van der Waals surface area contributed by atoms with Crippen LogP contribution in [0, 0.1) is 20.8 Å². The largest absolute Gasteiger partial charge is 0.403 e. The predicted molar refractivity (Wildman–Crippen MR) is 88.3 cm³/mol. The van der Waals surface area contributed by atoms with E-state index in [1.54, 1.807) is 12.1 Å². The van der Waals surface area contributed by atoms with E-state index < -0.39 is 0 Å². The van der Waals surface area contributed by atoms with Crippen molar-refractivity contribution in [2.24, 2.45) is 0 Å². The Kier molecular flexibility index (Phi) is 3.93. The standard InChI is InChI=1S/C18H17N3O2/c1-11-5-4-6-14(8-11)16(22)19-18-21-20-17(23-18)15-9-12(2)7-13(3)10-15/h4-10H,1-3H3,(H,19,21,22). The maximum absolute atomic E-state index is 12.2. The topological polar surface area (TPSA) is 68.0 Å². The number of carbonyl (C=O) groups is 1. The van der Waals surface area contributed by atoms with Crippen molar-refractivity contribution < 1.29 is 9.21 Å². The lowest BCUT2D eigenvalue weighted by Gasteiger charge is -2.02. The summed E-state index contributed by atoms with van der Waals surface area (Å²) in [4.78, 5) is 12.2. The van der Waals surface area contributed by atoms with Gasteiger partial charge in [0, 0.05) is 11.1 Å². The zero-order valence-corrected chi connectivity index (χ0v) is 13.3. The molecule has 0 aliphatic heterocycles. The number of benzene rings is 2. The van der Waals surface area contributed by atoms with Crippen molar-refractivity contribution in [3.63, 3.8) is 0 Å². The van der Waals surface area contributed by atoms with Crippen LogP contribution >= 0.6 is 0 Å². The summed E-state index contributed by atoms with van der Waals surface area (Å²) in [7, 11) is 0. The van der Waals surface area contributed by atoms with Crippen LogP contribution < -0.4 is 5.32 Å². The molecular weight excluding hydrogens is 290 g/mol. The van der Waals surface area contributed by atoms with Crippen molar-refractivity contribution in [3.8, 4) is 11.5 Å². The van der Waals surface area contributed by atoms with Crippen molar-refractivity contribution in [2.75, 3.05) is 5.32 Å². The van der Waals surface area contributed by atoms with Crippen molar-refractivity contribution in [1.29, 1.82) is 0 Å². The molecule has 3 rings (SSSR count). The van der Waals surface area contributed by atoms with E-state index in [-0.39, 0.29) is 11.9 Å². The minimum atomic E-state index is -0.274. The Bertz CT molecular complexity index is 848. The van der Waals surface area contributed by atoms with E-state index in [2.05, 4.69) is 21.6 Å². The van der Waals surface area contributed by atoms with E-state index in [4.69, 9.17) is 4.42 Å². The lowest BCUT2D eigenvalue weighted by molar-refractivity contribution is 0.102. The first-order valence-electron chi connectivity index (χ1n) is 7.31. The zero-order valence-electron chi connectivity index (χ0n) is 13.3. The normalized spacial score (nSPS) is 10.6. The molecule has 5 heteroatoms. The molecule has 2 aromatic carbocycles. The third-order valence-corrected chi connectivity index (χ3v) is 3.39. The Balaban J connectivity index is 1.81. The van der Waals surface area contributed by atoms with Gasteiger partial charge in [-0.15, -0.1) is 5.10 Å². The maximum Gasteiger partial charge on any atom is 0.322 e. The van der Waals surface area contributed by atoms with E-state index in [0.29, 0.717) is 11.5 Å². The molecule has 0 atom stereocenters. The SMILES string of the molecule is Cc1cccc(C(=O)Nc2nnc(-c3cc(C)cc(C)c3)o2)c1. The molecule has 116 valence electrons. The second kappa shape index (κ2) is 6.04. The van der Waals surface area contributed by atoms with Crippen LogP contribution in [0.3, 0.4) is 0 Å². The number of hydrogen-bond acceptors (Lipinski definition) is 4. The van der Waals surface area contributed by atoms with Crippen molar-refractivity contribution in [3.05, 3.63) is 64.7 Å². The summed E-state index contributed by atoms with van der Waals surface area (Å²) in [5.74, 6) is 0.112. The van der Waals surface area contributed by atoms with Crippen molar-refractivity contribution in [2.45, 2.75) is 20.8 Å². The van der Waals surface area contributed by atoms with E-state index in [1.165, 1.54) is 0 Å². The molecule has 1 heterocycles. The first-order valence-corrected chi connectivity index (χ1v) is 7.31. The maximum atomic E-state index is 12.2. The molecular formula is C18H17N3O2. The summed E-state index contributed by atoms with van der Waals surface area (Å²) < 4.78 is 5.55. The van der Waals surface area contributed by atoms with Crippen molar-refractivity contribution >= 4 is 11.9 Å². The molecule has 0 spiro atoms. The fourth-order valence-corrected chi connectivity index (χ4v) is 2.44. The number of rotatable bonds is 3. The molecule has 1 N–H and O–H groups in total. The lowest BCUT2D eigenvalue weighted by atomic mass is 10.1. The zero-order chi connectivity index (χ0) is 16.4. The molecule has 0 bridgehead atoms. The smallest absolute Gasteiger partial charge is 0.322 e. The summed E-state index contributed by atoms with van der Waals surface area (Å²) >= 11 is 0. The molecule has 0 aliphatic carbocycles. The molecule has 5 nitrogen and oxygen atoms in total. The molecule has 1 amide bonds. The van der Waals surface area contributed by atoms with Gasteiger partial charge in [-0.2, -0.15) is 0 Å². The van der Waals surface area contributed by atoms with E-state index >= 15 is 0 Å². The molecule has 3 aromatic rings. The minimum Gasteiger partial charge on any atom is -0.403 e. The Labute approximate surface area is 134 Å². The number of amides is 1. The molecule has 0 fully saturated rings. The highest BCUT2D eigenvalue weighted by atomic mass is 16.4. The average molecular weight is 307 g/mol. The molecule has 23 heavy (non-hydrogen) atoms. The average Bonchev–Trinajstić information content (AvgIpc) is 2.95. The first-order chi connectivity index (χ1) is 11.0. The highest BCUT2D eigenvalue weighted by molar-refractivity contribution is 6.03. The Hall–Kier alpha value is -2.95. The first kappa shape index (κ1) is 15.0. The van der Waals surface area contributed by atoms with Gasteiger partial charge >= 0.3 is 6.01 Å². The van der Waals surface area contributed by atoms with Gasteiger partial charge in [-0.25, -0.2) is 0 Å². The molecule has 0 aliphatic rings. The fraction of sp³-hybridized carbons (Fsp3) is 0.167. The third kappa shape index (κ3) is 3.45. The quantitative estimate of drug-likeness (QED) is 0.796. The highest BCUT2D eigenvalue weighted by Crippen LogP contribution is 2.22. The second-order valence-electron chi connectivity index (χ2n) is 5.61. The van der Waals surface area contributed by atoms with Gasteiger partial charge in [-0.1, -0.05) is 40.0 Å². The highest BCUT2D eigenvalue weighted by Gasteiger charge is 2.13. The second-order valence-corrected chi connectivity index (χ2v) is 5.61. The van der Waals surface area contributed by atoms with Crippen LogP contribution in [0.4, 0.5) is 6.01 Å². The summed E-state index contributed by atoms with van der Waals surface area (Å²) in [6.45, 7) is 5.95.